The van der Waals surface area contributed by atoms with E-state index >= 15 is 0 Å². The van der Waals surface area contributed by atoms with Gasteiger partial charge in [-0.2, -0.15) is 5.10 Å². The minimum Gasteiger partial charge on any atom is -0.497 e. The van der Waals surface area contributed by atoms with Crippen molar-refractivity contribution in [1.82, 2.24) is 25.0 Å². The minimum absolute atomic E-state index is 0.0528. The summed E-state index contributed by atoms with van der Waals surface area (Å²) in [5, 5.41) is 6.98. The molecule has 7 nitrogen and oxygen atoms in total. The highest BCUT2D eigenvalue weighted by Crippen LogP contribution is 2.22. The third kappa shape index (κ3) is 4.29. The predicted molar refractivity (Wildman–Crippen MR) is 87.2 cm³/mol. The molecule has 1 N–H and O–H groups in total. The molecule has 7 heteroatoms. The fraction of sp³-hybridized carbons (Fsp3) is 0.438. The highest BCUT2D eigenvalue weighted by atomic mass is 16.5. The number of ether oxygens (including phenoxy) is 1. The van der Waals surface area contributed by atoms with E-state index in [-0.39, 0.29) is 11.9 Å². The standard InChI is InChI=1S/C16H23N5O2/c1-12(21-11-17-10-19-21)16(22)18-9-15(20(2)3)13-6-5-7-14(8-13)23-4/h5-8,10-12,15H,9H2,1-4H3,(H,18,22). The van der Waals surface area contributed by atoms with E-state index in [1.54, 1.807) is 14.0 Å². The molecule has 23 heavy (non-hydrogen) atoms. The van der Waals surface area contributed by atoms with Crippen molar-refractivity contribution in [2.24, 2.45) is 0 Å². The zero-order valence-corrected chi connectivity index (χ0v) is 13.9. The van der Waals surface area contributed by atoms with Crippen LogP contribution in [0.2, 0.25) is 0 Å². The van der Waals surface area contributed by atoms with Crippen molar-refractivity contribution in [3.8, 4) is 5.75 Å². The average molecular weight is 317 g/mol. The first-order valence-electron chi connectivity index (χ1n) is 7.45. The largest absolute Gasteiger partial charge is 0.497 e. The molecule has 0 aliphatic heterocycles. The zero-order valence-electron chi connectivity index (χ0n) is 13.9. The smallest absolute Gasteiger partial charge is 0.244 e. The van der Waals surface area contributed by atoms with Gasteiger partial charge in [-0.15, -0.1) is 0 Å². The maximum absolute atomic E-state index is 12.3. The van der Waals surface area contributed by atoms with Crippen LogP contribution in [0.4, 0.5) is 0 Å². The van der Waals surface area contributed by atoms with Crippen LogP contribution in [-0.4, -0.2) is 53.3 Å². The second kappa shape index (κ2) is 7.73. The third-order valence-electron chi connectivity index (χ3n) is 3.78. The Morgan fingerprint density at radius 3 is 2.83 bits per heavy atom. The Bertz CT molecular complexity index is 627. The quantitative estimate of drug-likeness (QED) is 0.832. The first kappa shape index (κ1) is 17.0. The van der Waals surface area contributed by atoms with Gasteiger partial charge in [-0.3, -0.25) is 4.79 Å². The van der Waals surface area contributed by atoms with E-state index in [0.29, 0.717) is 6.54 Å². The average Bonchev–Trinajstić information content (AvgIpc) is 3.08. The summed E-state index contributed by atoms with van der Waals surface area (Å²) in [4.78, 5) is 18.2. The van der Waals surface area contributed by atoms with E-state index in [4.69, 9.17) is 4.74 Å². The van der Waals surface area contributed by atoms with Crippen molar-refractivity contribution in [3.05, 3.63) is 42.5 Å². The first-order valence-corrected chi connectivity index (χ1v) is 7.45. The van der Waals surface area contributed by atoms with Crippen LogP contribution < -0.4 is 10.1 Å². The number of nitrogens with one attached hydrogen (secondary N) is 1. The van der Waals surface area contributed by atoms with E-state index in [0.717, 1.165) is 11.3 Å². The summed E-state index contributed by atoms with van der Waals surface area (Å²) in [7, 11) is 5.61. The maximum atomic E-state index is 12.3. The second-order valence-electron chi connectivity index (χ2n) is 5.55. The van der Waals surface area contributed by atoms with Crippen molar-refractivity contribution in [2.45, 2.75) is 19.0 Å². The van der Waals surface area contributed by atoms with Crippen LogP contribution in [0.5, 0.6) is 5.75 Å². The summed E-state index contributed by atoms with van der Waals surface area (Å²) in [5.74, 6) is 0.710. The number of hydrogen-bond donors (Lipinski definition) is 1. The van der Waals surface area contributed by atoms with Crippen LogP contribution in [0.1, 0.15) is 24.6 Å². The van der Waals surface area contributed by atoms with Crippen LogP contribution in [-0.2, 0) is 4.79 Å². The van der Waals surface area contributed by atoms with Gasteiger partial charge in [0.2, 0.25) is 5.91 Å². The summed E-state index contributed by atoms with van der Waals surface area (Å²) in [5.41, 5.74) is 1.09. The molecule has 0 spiro atoms. The van der Waals surface area contributed by atoms with Gasteiger partial charge in [-0.05, 0) is 38.7 Å². The molecule has 2 unspecified atom stereocenters. The Morgan fingerprint density at radius 1 is 1.43 bits per heavy atom. The third-order valence-corrected chi connectivity index (χ3v) is 3.78. The number of likely N-dealkylation sites (N-methyl/N-ethyl adjacent to an activating group) is 1. The number of hydrogen-bond acceptors (Lipinski definition) is 5. The van der Waals surface area contributed by atoms with Crippen LogP contribution in [0.3, 0.4) is 0 Å². The topological polar surface area (TPSA) is 72.3 Å². The lowest BCUT2D eigenvalue weighted by Crippen LogP contribution is -2.37. The van der Waals surface area contributed by atoms with Crippen LogP contribution in [0.15, 0.2) is 36.9 Å². The van der Waals surface area contributed by atoms with E-state index in [9.17, 15) is 4.79 Å². The number of aromatic nitrogens is 3. The van der Waals surface area contributed by atoms with Gasteiger partial charge in [0.15, 0.2) is 0 Å². The van der Waals surface area contributed by atoms with Crippen LogP contribution in [0, 0.1) is 0 Å². The molecule has 0 bridgehead atoms. The summed E-state index contributed by atoms with van der Waals surface area (Å²) in [6, 6.07) is 7.52. The monoisotopic (exact) mass is 317 g/mol. The molecule has 0 aliphatic rings. The Balaban J connectivity index is 2.03. The fourth-order valence-corrected chi connectivity index (χ4v) is 2.33. The Labute approximate surface area is 136 Å². The second-order valence-corrected chi connectivity index (χ2v) is 5.55. The van der Waals surface area contributed by atoms with Crippen LogP contribution in [0.25, 0.3) is 0 Å². The lowest BCUT2D eigenvalue weighted by Gasteiger charge is -2.26. The van der Waals surface area contributed by atoms with Crippen molar-refractivity contribution in [1.29, 1.82) is 0 Å². The predicted octanol–water partition coefficient (Wildman–Crippen LogP) is 1.27. The lowest BCUT2D eigenvalue weighted by atomic mass is 10.1. The molecule has 2 atom stereocenters. The van der Waals surface area contributed by atoms with Gasteiger partial charge in [-0.1, -0.05) is 12.1 Å². The lowest BCUT2D eigenvalue weighted by molar-refractivity contribution is -0.124. The Hall–Kier alpha value is -2.41. The summed E-state index contributed by atoms with van der Waals surface area (Å²) in [6.07, 6.45) is 2.96. The first-order chi connectivity index (χ1) is 11.0. The number of rotatable bonds is 7. The van der Waals surface area contributed by atoms with Crippen molar-refractivity contribution < 1.29 is 9.53 Å². The molecule has 0 saturated carbocycles. The molecule has 2 aromatic rings. The fourth-order valence-electron chi connectivity index (χ4n) is 2.33. The SMILES string of the molecule is COc1cccc(C(CNC(=O)C(C)n2cncn2)N(C)C)c1. The molecule has 2 rings (SSSR count). The van der Waals surface area contributed by atoms with E-state index in [1.165, 1.54) is 17.3 Å². The number of benzene rings is 1. The zero-order chi connectivity index (χ0) is 16.8. The van der Waals surface area contributed by atoms with Gasteiger partial charge in [0, 0.05) is 6.54 Å². The molecule has 1 aromatic carbocycles. The highest BCUT2D eigenvalue weighted by molar-refractivity contribution is 5.79. The summed E-state index contributed by atoms with van der Waals surface area (Å²) >= 11 is 0. The number of carbonyl (C=O) groups is 1. The van der Waals surface area contributed by atoms with Gasteiger partial charge in [0.1, 0.15) is 24.4 Å². The molecule has 1 aromatic heterocycles. The van der Waals surface area contributed by atoms with Gasteiger partial charge in [-0.25, -0.2) is 9.67 Å². The Kier molecular flexibility index (Phi) is 5.70. The number of nitrogens with zero attached hydrogens (tertiary/aromatic N) is 4. The number of carbonyl (C=O) groups excluding carboxylic acids is 1. The van der Waals surface area contributed by atoms with Gasteiger partial charge < -0.3 is 15.0 Å². The maximum Gasteiger partial charge on any atom is 0.244 e. The normalized spacial score (nSPS) is 13.6. The van der Waals surface area contributed by atoms with Crippen molar-refractivity contribution >= 4 is 5.91 Å². The molecule has 0 radical (unpaired) electrons. The molecule has 0 aliphatic carbocycles. The number of amides is 1. The molecule has 0 fully saturated rings. The van der Waals surface area contributed by atoms with Crippen LogP contribution >= 0.6 is 0 Å². The molecular weight excluding hydrogens is 294 g/mol. The molecule has 1 heterocycles. The summed E-state index contributed by atoms with van der Waals surface area (Å²) < 4.78 is 6.81. The minimum atomic E-state index is -0.398. The van der Waals surface area contributed by atoms with Crippen molar-refractivity contribution in [2.75, 3.05) is 27.7 Å². The highest BCUT2D eigenvalue weighted by Gasteiger charge is 2.19. The van der Waals surface area contributed by atoms with Gasteiger partial charge >= 0.3 is 0 Å². The number of methoxy groups -OCH3 is 1. The summed E-state index contributed by atoms with van der Waals surface area (Å²) in [6.45, 7) is 2.29. The molecule has 124 valence electrons. The van der Waals surface area contributed by atoms with Gasteiger partial charge in [0.25, 0.3) is 0 Å². The molecular formula is C16H23N5O2. The molecule has 0 saturated heterocycles. The Morgan fingerprint density at radius 2 is 2.22 bits per heavy atom. The van der Waals surface area contributed by atoms with E-state index in [1.807, 2.05) is 38.4 Å². The van der Waals surface area contributed by atoms with Gasteiger partial charge in [0.05, 0.1) is 13.2 Å². The van der Waals surface area contributed by atoms with E-state index < -0.39 is 6.04 Å². The molecule has 1 amide bonds. The van der Waals surface area contributed by atoms with E-state index in [2.05, 4.69) is 20.3 Å². The van der Waals surface area contributed by atoms with Crippen molar-refractivity contribution in [3.63, 3.8) is 0 Å².